The number of nitrogens with zero attached hydrogens (tertiary/aromatic N) is 3. The number of aromatic amines is 1. The number of aryl methyl sites for hydroxylation is 1. The topological polar surface area (TPSA) is 122 Å². The lowest BCUT2D eigenvalue weighted by atomic mass is 9.56. The molecule has 3 aromatic rings. The largest absolute Gasteiger partial charge is 0.481 e. The number of imidazole rings is 1. The summed E-state index contributed by atoms with van der Waals surface area (Å²) in [5, 5.41) is 17.6. The fraction of sp³-hybridized carbons (Fsp3) is 0.571. The van der Waals surface area contributed by atoms with Gasteiger partial charge in [0, 0.05) is 19.9 Å². The zero-order valence-corrected chi connectivity index (χ0v) is 21.5. The van der Waals surface area contributed by atoms with E-state index in [9.17, 15) is 14.7 Å². The molecule has 2 saturated carbocycles. The molecule has 2 aliphatic carbocycles. The second kappa shape index (κ2) is 8.97. The van der Waals surface area contributed by atoms with Crippen LogP contribution in [0.3, 0.4) is 0 Å². The maximum Gasteiger partial charge on any atom is 0.316 e. The molecule has 37 heavy (non-hydrogen) atoms. The molecule has 5 unspecified atom stereocenters. The van der Waals surface area contributed by atoms with Gasteiger partial charge in [0.25, 0.3) is 5.91 Å². The smallest absolute Gasteiger partial charge is 0.316 e. The lowest BCUT2D eigenvalue weighted by Gasteiger charge is -2.51. The first-order chi connectivity index (χ1) is 17.8. The summed E-state index contributed by atoms with van der Waals surface area (Å²) in [5.74, 6) is 0.971. The Bertz CT molecular complexity index is 1340. The van der Waals surface area contributed by atoms with Crippen LogP contribution in [0.15, 0.2) is 30.5 Å². The van der Waals surface area contributed by atoms with E-state index in [0.29, 0.717) is 30.6 Å². The van der Waals surface area contributed by atoms with Crippen molar-refractivity contribution in [3.8, 4) is 0 Å². The van der Waals surface area contributed by atoms with Gasteiger partial charge in [-0.2, -0.15) is 5.10 Å². The van der Waals surface area contributed by atoms with Crippen molar-refractivity contribution in [1.82, 2.24) is 25.1 Å². The Hall–Kier alpha value is -3.20. The number of carbonyl (C=O) groups is 2. The Morgan fingerprint density at radius 1 is 1.27 bits per heavy atom. The number of hydrogen-bond acceptors (Lipinski definition) is 5. The van der Waals surface area contributed by atoms with E-state index in [-0.39, 0.29) is 24.0 Å². The number of H-pyrrole nitrogens is 1. The number of benzene rings is 1. The molecule has 9 heteroatoms. The molecule has 3 aliphatic rings. The van der Waals surface area contributed by atoms with Gasteiger partial charge in [-0.3, -0.25) is 14.3 Å². The van der Waals surface area contributed by atoms with Gasteiger partial charge in [-0.1, -0.05) is 25.8 Å². The van der Waals surface area contributed by atoms with Crippen molar-refractivity contribution in [2.75, 3.05) is 13.2 Å². The number of nitrogens with one attached hydrogen (secondary N) is 2. The van der Waals surface area contributed by atoms with E-state index >= 15 is 0 Å². The summed E-state index contributed by atoms with van der Waals surface area (Å²) in [4.78, 5) is 34.2. The van der Waals surface area contributed by atoms with E-state index in [2.05, 4.69) is 22.3 Å². The molecular formula is C28H35N5O4. The third-order valence-electron chi connectivity index (χ3n) is 9.17. The minimum Gasteiger partial charge on any atom is -0.481 e. The highest BCUT2D eigenvalue weighted by Crippen LogP contribution is 2.56. The first-order valence-electron chi connectivity index (χ1n) is 13.4. The molecular weight excluding hydrogens is 470 g/mol. The Morgan fingerprint density at radius 2 is 2.14 bits per heavy atom. The molecule has 1 amide bonds. The van der Waals surface area contributed by atoms with Crippen molar-refractivity contribution in [2.24, 2.45) is 24.3 Å². The van der Waals surface area contributed by atoms with Crippen molar-refractivity contribution < 1.29 is 19.4 Å². The number of fused-ring (bicyclic) bond motifs is 3. The number of carboxylic acids is 1. The third kappa shape index (κ3) is 4.04. The molecule has 0 radical (unpaired) electrons. The van der Waals surface area contributed by atoms with E-state index in [1.807, 2.05) is 18.2 Å². The Balaban J connectivity index is 1.42. The number of rotatable bonds is 6. The monoisotopic (exact) mass is 505 g/mol. The van der Waals surface area contributed by atoms with E-state index in [1.54, 1.807) is 24.0 Å². The van der Waals surface area contributed by atoms with Gasteiger partial charge in [0.05, 0.1) is 23.7 Å². The second-order valence-electron chi connectivity index (χ2n) is 11.7. The number of carboxylic acid groups (broad SMARTS) is 1. The van der Waals surface area contributed by atoms with Crippen molar-refractivity contribution in [3.63, 3.8) is 0 Å². The van der Waals surface area contributed by atoms with Crippen LogP contribution in [0, 0.1) is 17.3 Å². The maximum absolute atomic E-state index is 13.5. The minimum atomic E-state index is -1.04. The number of carbonyl (C=O) groups excluding carboxylic acids is 1. The Labute approximate surface area is 216 Å². The van der Waals surface area contributed by atoms with Crippen molar-refractivity contribution in [2.45, 2.75) is 63.3 Å². The highest BCUT2D eigenvalue weighted by atomic mass is 16.5. The molecule has 3 heterocycles. The van der Waals surface area contributed by atoms with Gasteiger partial charge in [-0.25, -0.2) is 4.98 Å². The number of aromatic nitrogens is 4. The minimum absolute atomic E-state index is 0.0763. The van der Waals surface area contributed by atoms with Crippen LogP contribution in [0.2, 0.25) is 0 Å². The first-order valence-corrected chi connectivity index (χ1v) is 13.4. The first kappa shape index (κ1) is 24.2. The zero-order chi connectivity index (χ0) is 25.8. The summed E-state index contributed by atoms with van der Waals surface area (Å²) in [6, 6.07) is 7.10. The SMILES string of the molecule is CC1CC2CCCC(C(NC(=O)c3ccnn3C)c3nc4ccc(C5(C(=O)O)CCOC5)cc4[nH]3)(C1)C2. The van der Waals surface area contributed by atoms with Gasteiger partial charge < -0.3 is 20.1 Å². The number of aliphatic carboxylic acids is 1. The predicted octanol–water partition coefficient (Wildman–Crippen LogP) is 4.12. The van der Waals surface area contributed by atoms with Crippen molar-refractivity contribution >= 4 is 22.9 Å². The molecule has 9 nitrogen and oxygen atoms in total. The van der Waals surface area contributed by atoms with Crippen LogP contribution in [0.4, 0.5) is 0 Å². The summed E-state index contributed by atoms with van der Waals surface area (Å²) in [5.41, 5.74) is 1.67. The van der Waals surface area contributed by atoms with Gasteiger partial charge in [0.1, 0.15) is 16.9 Å². The predicted molar refractivity (Wildman–Crippen MR) is 137 cm³/mol. The van der Waals surface area contributed by atoms with Crippen LogP contribution in [-0.2, 0) is 22.0 Å². The number of hydrogen-bond donors (Lipinski definition) is 3. The van der Waals surface area contributed by atoms with Crippen molar-refractivity contribution in [1.29, 1.82) is 0 Å². The van der Waals surface area contributed by atoms with Gasteiger partial charge >= 0.3 is 5.97 Å². The molecule has 3 fully saturated rings. The molecule has 6 rings (SSSR count). The molecule has 196 valence electrons. The fourth-order valence-corrected chi connectivity index (χ4v) is 7.50. The fourth-order valence-electron chi connectivity index (χ4n) is 7.50. The molecule has 2 bridgehead atoms. The Kier molecular flexibility index (Phi) is 5.86. The molecule has 0 spiro atoms. The lowest BCUT2D eigenvalue weighted by molar-refractivity contribution is -0.143. The molecule has 1 aliphatic heterocycles. The van der Waals surface area contributed by atoms with Crippen LogP contribution < -0.4 is 5.32 Å². The average Bonchev–Trinajstić information content (AvgIpc) is 3.61. The summed E-state index contributed by atoms with van der Waals surface area (Å²) < 4.78 is 7.09. The number of ether oxygens (including phenoxy) is 1. The van der Waals surface area contributed by atoms with Gasteiger partial charge in [-0.05, 0) is 73.1 Å². The lowest BCUT2D eigenvalue weighted by Crippen LogP contribution is -2.48. The van der Waals surface area contributed by atoms with E-state index in [1.165, 1.54) is 12.8 Å². The molecule has 3 N–H and O–H groups in total. The van der Waals surface area contributed by atoms with E-state index in [4.69, 9.17) is 9.72 Å². The third-order valence-corrected chi connectivity index (χ3v) is 9.17. The van der Waals surface area contributed by atoms with Gasteiger partial charge in [0.15, 0.2) is 0 Å². The maximum atomic E-state index is 13.5. The van der Waals surface area contributed by atoms with Crippen LogP contribution >= 0.6 is 0 Å². The molecule has 1 saturated heterocycles. The number of amides is 1. The van der Waals surface area contributed by atoms with Gasteiger partial charge in [0.2, 0.25) is 0 Å². The van der Waals surface area contributed by atoms with Crippen LogP contribution in [0.1, 0.15) is 79.8 Å². The summed E-state index contributed by atoms with van der Waals surface area (Å²) in [6.45, 7) is 2.93. The highest BCUT2D eigenvalue weighted by Gasteiger charge is 2.49. The normalized spacial score (nSPS) is 30.3. The highest BCUT2D eigenvalue weighted by molar-refractivity contribution is 5.93. The van der Waals surface area contributed by atoms with Crippen LogP contribution in [-0.4, -0.2) is 49.9 Å². The van der Waals surface area contributed by atoms with E-state index < -0.39 is 11.4 Å². The van der Waals surface area contributed by atoms with E-state index in [0.717, 1.165) is 48.1 Å². The standard InChI is InChI=1S/C28H35N5O4/c1-17-12-18-4-3-8-27(14-17,15-18)23(32-25(34)22-7-10-29-33(22)2)24-30-20-6-5-19(13-21(20)31-24)28(26(35)36)9-11-37-16-28/h5-7,10,13,17-18,23H,3-4,8-9,11-12,14-16H2,1-2H3,(H,30,31)(H,32,34)(H,35,36). The summed E-state index contributed by atoms with van der Waals surface area (Å²) in [7, 11) is 1.77. The summed E-state index contributed by atoms with van der Waals surface area (Å²) in [6.07, 6.45) is 8.89. The second-order valence-corrected chi connectivity index (χ2v) is 11.7. The Morgan fingerprint density at radius 3 is 2.86 bits per heavy atom. The quantitative estimate of drug-likeness (QED) is 0.463. The van der Waals surface area contributed by atoms with Crippen LogP contribution in [0.25, 0.3) is 11.0 Å². The molecule has 2 aromatic heterocycles. The van der Waals surface area contributed by atoms with Gasteiger partial charge in [-0.15, -0.1) is 0 Å². The zero-order valence-electron chi connectivity index (χ0n) is 21.5. The van der Waals surface area contributed by atoms with Crippen LogP contribution in [0.5, 0.6) is 0 Å². The molecule has 1 aromatic carbocycles. The van der Waals surface area contributed by atoms with Crippen molar-refractivity contribution in [3.05, 3.63) is 47.5 Å². The average molecular weight is 506 g/mol. The summed E-state index contributed by atoms with van der Waals surface area (Å²) >= 11 is 0. The molecule has 5 atom stereocenters.